The van der Waals surface area contributed by atoms with Crippen molar-refractivity contribution in [2.45, 2.75) is 58.5 Å². The first-order valence-electron chi connectivity index (χ1n) is 11.3. The molecule has 2 aromatic rings. The van der Waals surface area contributed by atoms with Crippen molar-refractivity contribution in [3.63, 3.8) is 0 Å². The van der Waals surface area contributed by atoms with Gasteiger partial charge < -0.3 is 21.1 Å². The SMILES string of the molecule is CC(C)(C)OC(=O)NCCC(=O)NCC(c1ccccc1)c1ccccc1.CCCCN. The number of carbonyl (C=O) groups is 2. The zero-order chi connectivity index (χ0) is 23.8. The van der Waals surface area contributed by atoms with Gasteiger partial charge in [0.2, 0.25) is 5.91 Å². The first kappa shape index (κ1) is 27.2. The van der Waals surface area contributed by atoms with E-state index in [0.717, 1.165) is 17.7 Å². The Hall–Kier alpha value is -2.86. The Kier molecular flexibility index (Phi) is 12.8. The first-order chi connectivity index (χ1) is 15.3. The van der Waals surface area contributed by atoms with E-state index in [1.165, 1.54) is 12.8 Å². The molecule has 0 aromatic heterocycles. The Morgan fingerprint density at radius 2 is 1.47 bits per heavy atom. The normalized spacial score (nSPS) is 10.7. The molecule has 2 amide bonds. The molecule has 0 radical (unpaired) electrons. The molecule has 0 aliphatic carbocycles. The highest BCUT2D eigenvalue weighted by Crippen LogP contribution is 2.23. The first-order valence-corrected chi connectivity index (χ1v) is 11.3. The lowest BCUT2D eigenvalue weighted by atomic mass is 9.91. The molecule has 4 N–H and O–H groups in total. The molecule has 0 heterocycles. The largest absolute Gasteiger partial charge is 0.444 e. The molecule has 2 rings (SSSR count). The fourth-order valence-electron chi connectivity index (χ4n) is 2.90. The van der Waals surface area contributed by atoms with Gasteiger partial charge in [0.05, 0.1) is 0 Å². The van der Waals surface area contributed by atoms with Gasteiger partial charge >= 0.3 is 6.09 Å². The van der Waals surface area contributed by atoms with Crippen molar-refractivity contribution < 1.29 is 14.3 Å². The second-order valence-corrected chi connectivity index (χ2v) is 8.50. The molecule has 0 saturated heterocycles. The third kappa shape index (κ3) is 12.1. The van der Waals surface area contributed by atoms with E-state index in [1.807, 2.05) is 36.4 Å². The molecule has 0 aliphatic rings. The number of ether oxygens (including phenoxy) is 1. The monoisotopic (exact) mass is 441 g/mol. The highest BCUT2D eigenvalue weighted by molar-refractivity contribution is 5.77. The molecule has 6 nitrogen and oxygen atoms in total. The maximum absolute atomic E-state index is 12.2. The summed E-state index contributed by atoms with van der Waals surface area (Å²) in [6.45, 7) is 9.11. The Labute approximate surface area is 192 Å². The van der Waals surface area contributed by atoms with Crippen LogP contribution in [0.3, 0.4) is 0 Å². The number of benzene rings is 2. The fourth-order valence-corrected chi connectivity index (χ4v) is 2.90. The molecule has 0 bridgehead atoms. The van der Waals surface area contributed by atoms with Crippen molar-refractivity contribution in [2.75, 3.05) is 19.6 Å². The zero-order valence-corrected chi connectivity index (χ0v) is 19.9. The number of alkyl carbamates (subject to hydrolysis) is 1. The van der Waals surface area contributed by atoms with Crippen LogP contribution in [0.5, 0.6) is 0 Å². The molecule has 0 spiro atoms. The second kappa shape index (κ2) is 15.0. The van der Waals surface area contributed by atoms with Gasteiger partial charge in [-0.25, -0.2) is 4.79 Å². The van der Waals surface area contributed by atoms with Gasteiger partial charge in [0.15, 0.2) is 0 Å². The van der Waals surface area contributed by atoms with Gasteiger partial charge in [-0.1, -0.05) is 74.0 Å². The van der Waals surface area contributed by atoms with E-state index in [9.17, 15) is 9.59 Å². The van der Waals surface area contributed by atoms with Crippen LogP contribution < -0.4 is 16.4 Å². The van der Waals surface area contributed by atoms with Crippen LogP contribution in [0.25, 0.3) is 0 Å². The summed E-state index contributed by atoms with van der Waals surface area (Å²) in [5, 5.41) is 5.57. The molecule has 6 heteroatoms. The van der Waals surface area contributed by atoms with Crippen molar-refractivity contribution in [3.05, 3.63) is 71.8 Å². The van der Waals surface area contributed by atoms with Gasteiger partial charge in [-0.2, -0.15) is 0 Å². The van der Waals surface area contributed by atoms with Gasteiger partial charge in [0.25, 0.3) is 0 Å². The van der Waals surface area contributed by atoms with Crippen LogP contribution in [0.2, 0.25) is 0 Å². The average Bonchev–Trinajstić information content (AvgIpc) is 2.75. The molecular weight excluding hydrogens is 402 g/mol. The van der Waals surface area contributed by atoms with E-state index in [2.05, 4.69) is 41.8 Å². The van der Waals surface area contributed by atoms with Crippen LogP contribution in [0.1, 0.15) is 64.0 Å². The molecule has 32 heavy (non-hydrogen) atoms. The van der Waals surface area contributed by atoms with Crippen molar-refractivity contribution in [2.24, 2.45) is 5.73 Å². The number of rotatable bonds is 9. The summed E-state index contributed by atoms with van der Waals surface area (Å²) in [7, 11) is 0. The van der Waals surface area contributed by atoms with E-state index in [0.29, 0.717) is 6.54 Å². The van der Waals surface area contributed by atoms with Crippen LogP contribution in [0, 0.1) is 0 Å². The highest BCUT2D eigenvalue weighted by atomic mass is 16.6. The number of carbonyl (C=O) groups excluding carboxylic acids is 2. The maximum atomic E-state index is 12.2. The number of nitrogens with one attached hydrogen (secondary N) is 2. The summed E-state index contributed by atoms with van der Waals surface area (Å²) >= 11 is 0. The Morgan fingerprint density at radius 1 is 0.938 bits per heavy atom. The van der Waals surface area contributed by atoms with E-state index in [4.69, 9.17) is 10.5 Å². The standard InChI is InChI=1S/C22H28N2O3.C4H11N/c1-22(2,3)27-21(26)23-15-14-20(25)24-16-19(17-10-6-4-7-11-17)18-12-8-5-9-13-18;1-2-3-4-5/h4-13,19H,14-16H2,1-3H3,(H,23,26)(H,24,25);2-5H2,1H3. The van der Waals surface area contributed by atoms with Crippen LogP contribution in [0.4, 0.5) is 4.79 Å². The molecule has 0 unspecified atom stereocenters. The van der Waals surface area contributed by atoms with E-state index in [-0.39, 0.29) is 24.8 Å². The lowest BCUT2D eigenvalue weighted by Crippen LogP contribution is -2.36. The predicted molar refractivity (Wildman–Crippen MR) is 131 cm³/mol. The summed E-state index contributed by atoms with van der Waals surface area (Å²) in [5.41, 5.74) is 6.89. The lowest BCUT2D eigenvalue weighted by molar-refractivity contribution is -0.120. The Bertz CT molecular complexity index is 732. The number of hydrogen-bond acceptors (Lipinski definition) is 4. The summed E-state index contributed by atoms with van der Waals surface area (Å²) in [6, 6.07) is 20.2. The van der Waals surface area contributed by atoms with Crippen molar-refractivity contribution in [1.82, 2.24) is 10.6 Å². The maximum Gasteiger partial charge on any atom is 0.407 e. The Morgan fingerprint density at radius 3 is 1.88 bits per heavy atom. The van der Waals surface area contributed by atoms with E-state index >= 15 is 0 Å². The molecule has 2 aromatic carbocycles. The van der Waals surface area contributed by atoms with E-state index in [1.54, 1.807) is 20.8 Å². The molecule has 0 aliphatic heterocycles. The van der Waals surface area contributed by atoms with E-state index < -0.39 is 11.7 Å². The molecule has 0 fully saturated rings. The number of hydrogen-bond donors (Lipinski definition) is 3. The van der Waals surface area contributed by atoms with Gasteiger partial charge in [-0.05, 0) is 44.9 Å². The molecule has 0 saturated carbocycles. The minimum atomic E-state index is -0.551. The van der Waals surface area contributed by atoms with Gasteiger partial charge in [-0.15, -0.1) is 0 Å². The van der Waals surface area contributed by atoms with Crippen LogP contribution >= 0.6 is 0 Å². The minimum Gasteiger partial charge on any atom is -0.444 e. The molecule has 176 valence electrons. The third-order valence-electron chi connectivity index (χ3n) is 4.49. The zero-order valence-electron chi connectivity index (χ0n) is 19.9. The van der Waals surface area contributed by atoms with Gasteiger partial charge in [0, 0.05) is 25.4 Å². The second-order valence-electron chi connectivity index (χ2n) is 8.50. The molecule has 0 atom stereocenters. The highest BCUT2D eigenvalue weighted by Gasteiger charge is 2.17. The smallest absolute Gasteiger partial charge is 0.407 e. The van der Waals surface area contributed by atoms with Crippen molar-refractivity contribution in [3.8, 4) is 0 Å². The number of amides is 2. The summed E-state index contributed by atoms with van der Waals surface area (Å²) in [4.78, 5) is 23.8. The summed E-state index contributed by atoms with van der Waals surface area (Å²) < 4.78 is 5.15. The van der Waals surface area contributed by atoms with Crippen molar-refractivity contribution in [1.29, 1.82) is 0 Å². The predicted octanol–water partition coefficient (Wildman–Crippen LogP) is 4.59. The number of nitrogens with two attached hydrogens (primary N) is 1. The Balaban J connectivity index is 0.000000920. The summed E-state index contributed by atoms with van der Waals surface area (Å²) in [5.74, 6) is -0.0296. The van der Waals surface area contributed by atoms with Gasteiger partial charge in [-0.3, -0.25) is 4.79 Å². The minimum absolute atomic E-state index is 0.0789. The van der Waals surface area contributed by atoms with Gasteiger partial charge in [0.1, 0.15) is 5.60 Å². The fraction of sp³-hybridized carbons (Fsp3) is 0.462. The average molecular weight is 442 g/mol. The van der Waals surface area contributed by atoms with Crippen molar-refractivity contribution >= 4 is 12.0 Å². The quantitative estimate of drug-likeness (QED) is 0.530. The molecular formula is C26H39N3O3. The van der Waals surface area contributed by atoms with Crippen LogP contribution in [-0.4, -0.2) is 37.2 Å². The third-order valence-corrected chi connectivity index (χ3v) is 4.49. The van der Waals surface area contributed by atoms with Crippen LogP contribution in [-0.2, 0) is 9.53 Å². The number of unbranched alkanes of at least 4 members (excludes halogenated alkanes) is 1. The van der Waals surface area contributed by atoms with Crippen LogP contribution in [0.15, 0.2) is 60.7 Å². The lowest BCUT2D eigenvalue weighted by Gasteiger charge is -2.20. The topological polar surface area (TPSA) is 93.4 Å². The summed E-state index contributed by atoms with van der Waals surface area (Å²) in [6.07, 6.45) is 2.08.